The predicted octanol–water partition coefficient (Wildman–Crippen LogP) is 4.10. The van der Waals surface area contributed by atoms with Crippen molar-refractivity contribution in [3.63, 3.8) is 0 Å². The maximum absolute atomic E-state index is 13.7. The fraction of sp³-hybridized carbons (Fsp3) is 0.357. The van der Waals surface area contributed by atoms with Crippen molar-refractivity contribution in [1.29, 1.82) is 0 Å². The van der Waals surface area contributed by atoms with E-state index in [-0.39, 0.29) is 18.4 Å². The first-order chi connectivity index (χ1) is 17.0. The molecule has 36 heavy (non-hydrogen) atoms. The minimum absolute atomic E-state index is 0.183. The summed E-state index contributed by atoms with van der Waals surface area (Å²) in [5.74, 6) is -0.476. The summed E-state index contributed by atoms with van der Waals surface area (Å²) in [6.45, 7) is 7.89. The lowest BCUT2D eigenvalue weighted by Gasteiger charge is -2.32. The maximum atomic E-state index is 13.7. The number of amides is 2. The number of sulfonamides is 1. The molecule has 1 atom stereocenters. The highest BCUT2D eigenvalue weighted by atomic mass is 32.2. The lowest BCUT2D eigenvalue weighted by atomic mass is 10.1. The van der Waals surface area contributed by atoms with E-state index in [1.165, 1.54) is 4.90 Å². The van der Waals surface area contributed by atoms with Gasteiger partial charge in [-0.3, -0.25) is 13.9 Å². The average Bonchev–Trinajstić information content (AvgIpc) is 2.84. The van der Waals surface area contributed by atoms with Crippen molar-refractivity contribution < 1.29 is 18.0 Å². The number of aryl methyl sites for hydroxylation is 1. The third kappa shape index (κ3) is 6.85. The number of carbonyl (C=O) groups excluding carboxylic acids is 2. The Morgan fingerprint density at radius 1 is 0.917 bits per heavy atom. The number of benzene rings is 3. The molecule has 0 aliphatic carbocycles. The highest BCUT2D eigenvalue weighted by molar-refractivity contribution is 7.92. The van der Waals surface area contributed by atoms with Gasteiger partial charge < -0.3 is 10.2 Å². The van der Waals surface area contributed by atoms with Crippen molar-refractivity contribution in [2.75, 3.05) is 23.7 Å². The van der Waals surface area contributed by atoms with E-state index in [1.54, 1.807) is 19.1 Å². The molecule has 0 saturated carbocycles. The summed E-state index contributed by atoms with van der Waals surface area (Å²) in [5, 5.41) is 4.48. The lowest BCUT2D eigenvalue weighted by molar-refractivity contribution is -0.139. The second-order valence-corrected chi connectivity index (χ2v) is 11.5. The second-order valence-electron chi connectivity index (χ2n) is 9.59. The standard InChI is InChI=1S/C28H35N3O4S/c1-20(2)17-29-28(33)22(4)30(18-23-15-13-21(3)14-16-23)27(32)19-31(36(5,34)35)26-12-8-10-24-9-6-7-11-25(24)26/h6-16,20,22H,17-19H2,1-5H3,(H,29,33)/t22-/m0/s1. The third-order valence-electron chi connectivity index (χ3n) is 6.04. The number of hydrogen-bond donors (Lipinski definition) is 1. The van der Waals surface area contributed by atoms with Crippen LogP contribution in [-0.4, -0.2) is 50.5 Å². The SMILES string of the molecule is Cc1ccc(CN(C(=O)CN(c2cccc3ccccc23)S(C)(=O)=O)[C@@H](C)C(=O)NCC(C)C)cc1. The fourth-order valence-electron chi connectivity index (χ4n) is 3.95. The van der Waals surface area contributed by atoms with Crippen LogP contribution in [0.1, 0.15) is 31.9 Å². The Labute approximate surface area is 214 Å². The molecule has 0 aliphatic rings. The highest BCUT2D eigenvalue weighted by Gasteiger charge is 2.30. The quantitative estimate of drug-likeness (QED) is 0.446. The van der Waals surface area contributed by atoms with Crippen LogP contribution in [0.5, 0.6) is 0 Å². The van der Waals surface area contributed by atoms with Gasteiger partial charge in [0.1, 0.15) is 12.6 Å². The number of rotatable bonds is 10. The molecule has 8 heteroatoms. The number of carbonyl (C=O) groups is 2. The first-order valence-electron chi connectivity index (χ1n) is 12.1. The number of fused-ring (bicyclic) bond motifs is 1. The van der Waals surface area contributed by atoms with Gasteiger partial charge in [-0.05, 0) is 36.8 Å². The van der Waals surface area contributed by atoms with Gasteiger partial charge in [0.05, 0.1) is 11.9 Å². The fourth-order valence-corrected chi connectivity index (χ4v) is 4.81. The Morgan fingerprint density at radius 3 is 2.19 bits per heavy atom. The molecule has 192 valence electrons. The Hall–Kier alpha value is -3.39. The van der Waals surface area contributed by atoms with Gasteiger partial charge in [0, 0.05) is 18.5 Å². The van der Waals surface area contributed by atoms with Crippen LogP contribution in [0.15, 0.2) is 66.7 Å². The Kier molecular flexibility index (Phi) is 8.74. The first kappa shape index (κ1) is 27.2. The molecule has 0 fully saturated rings. The Balaban J connectivity index is 1.96. The van der Waals surface area contributed by atoms with E-state index >= 15 is 0 Å². The van der Waals surface area contributed by atoms with Crippen molar-refractivity contribution >= 4 is 38.3 Å². The molecular weight excluding hydrogens is 474 g/mol. The normalized spacial score (nSPS) is 12.4. The minimum Gasteiger partial charge on any atom is -0.354 e. The van der Waals surface area contributed by atoms with Crippen LogP contribution < -0.4 is 9.62 Å². The van der Waals surface area contributed by atoms with E-state index in [1.807, 2.05) is 75.4 Å². The zero-order valence-electron chi connectivity index (χ0n) is 21.6. The monoisotopic (exact) mass is 509 g/mol. The summed E-state index contributed by atoms with van der Waals surface area (Å²) in [6, 6.07) is 19.7. The van der Waals surface area contributed by atoms with Gasteiger partial charge in [0.15, 0.2) is 0 Å². The molecular formula is C28H35N3O4S. The number of hydrogen-bond acceptors (Lipinski definition) is 4. The summed E-state index contributed by atoms with van der Waals surface area (Å²) in [5.41, 5.74) is 2.36. The van der Waals surface area contributed by atoms with Crippen LogP contribution in [0.25, 0.3) is 10.8 Å². The molecule has 0 spiro atoms. The Morgan fingerprint density at radius 2 is 1.56 bits per heavy atom. The number of anilines is 1. The molecule has 7 nitrogen and oxygen atoms in total. The van der Waals surface area contributed by atoms with E-state index in [0.29, 0.717) is 12.2 Å². The molecule has 0 saturated heterocycles. The van der Waals surface area contributed by atoms with Crippen LogP contribution in [0, 0.1) is 12.8 Å². The minimum atomic E-state index is -3.80. The molecule has 2 amide bonds. The van der Waals surface area contributed by atoms with Crippen LogP contribution >= 0.6 is 0 Å². The maximum Gasteiger partial charge on any atom is 0.244 e. The van der Waals surface area contributed by atoms with E-state index < -0.39 is 28.5 Å². The van der Waals surface area contributed by atoms with Gasteiger partial charge in [0.2, 0.25) is 21.8 Å². The van der Waals surface area contributed by atoms with E-state index in [2.05, 4.69) is 5.32 Å². The van der Waals surface area contributed by atoms with Crippen molar-refractivity contribution in [3.05, 3.63) is 77.9 Å². The van der Waals surface area contributed by atoms with Gasteiger partial charge in [-0.1, -0.05) is 80.1 Å². The molecule has 3 aromatic rings. The van der Waals surface area contributed by atoms with Crippen LogP contribution in [-0.2, 0) is 26.2 Å². The van der Waals surface area contributed by atoms with Crippen molar-refractivity contribution in [2.45, 2.75) is 40.3 Å². The molecule has 0 radical (unpaired) electrons. The van der Waals surface area contributed by atoms with Gasteiger partial charge in [-0.2, -0.15) is 0 Å². The summed E-state index contributed by atoms with van der Waals surface area (Å²) < 4.78 is 26.9. The summed E-state index contributed by atoms with van der Waals surface area (Å²) in [7, 11) is -3.80. The van der Waals surface area contributed by atoms with Crippen LogP contribution in [0.4, 0.5) is 5.69 Å². The zero-order valence-corrected chi connectivity index (χ0v) is 22.4. The van der Waals surface area contributed by atoms with Crippen molar-refractivity contribution in [2.24, 2.45) is 5.92 Å². The predicted molar refractivity (Wildman–Crippen MR) is 145 cm³/mol. The Bertz CT molecular complexity index is 1310. The molecule has 3 rings (SSSR count). The molecule has 1 N–H and O–H groups in total. The first-order valence-corrected chi connectivity index (χ1v) is 13.9. The van der Waals surface area contributed by atoms with Crippen molar-refractivity contribution in [3.8, 4) is 0 Å². The highest BCUT2D eigenvalue weighted by Crippen LogP contribution is 2.28. The number of nitrogens with zero attached hydrogens (tertiary/aromatic N) is 2. The zero-order chi connectivity index (χ0) is 26.5. The van der Waals surface area contributed by atoms with Gasteiger partial charge in [-0.15, -0.1) is 0 Å². The van der Waals surface area contributed by atoms with Crippen molar-refractivity contribution in [1.82, 2.24) is 10.2 Å². The average molecular weight is 510 g/mol. The van der Waals surface area contributed by atoms with Crippen LogP contribution in [0.3, 0.4) is 0 Å². The summed E-state index contributed by atoms with van der Waals surface area (Å²) in [4.78, 5) is 28.1. The molecule has 0 bridgehead atoms. The van der Waals surface area contributed by atoms with E-state index in [0.717, 1.165) is 32.5 Å². The summed E-state index contributed by atoms with van der Waals surface area (Å²) in [6.07, 6.45) is 1.09. The van der Waals surface area contributed by atoms with E-state index in [4.69, 9.17) is 0 Å². The third-order valence-corrected chi connectivity index (χ3v) is 7.17. The molecule has 0 aromatic heterocycles. The molecule has 0 heterocycles. The topological polar surface area (TPSA) is 86.8 Å². The molecule has 0 aliphatic heterocycles. The second kappa shape index (κ2) is 11.6. The van der Waals surface area contributed by atoms with Gasteiger partial charge >= 0.3 is 0 Å². The van der Waals surface area contributed by atoms with Gasteiger partial charge in [-0.25, -0.2) is 8.42 Å². The van der Waals surface area contributed by atoms with Crippen LogP contribution in [0.2, 0.25) is 0 Å². The smallest absolute Gasteiger partial charge is 0.244 e. The van der Waals surface area contributed by atoms with E-state index in [9.17, 15) is 18.0 Å². The van der Waals surface area contributed by atoms with Gasteiger partial charge in [0.25, 0.3) is 0 Å². The molecule has 0 unspecified atom stereocenters. The number of nitrogens with one attached hydrogen (secondary N) is 1. The largest absolute Gasteiger partial charge is 0.354 e. The molecule has 3 aromatic carbocycles. The summed E-state index contributed by atoms with van der Waals surface area (Å²) >= 11 is 0. The lowest BCUT2D eigenvalue weighted by Crippen LogP contribution is -2.51.